The lowest BCUT2D eigenvalue weighted by Crippen LogP contribution is -2.39. The molecule has 24 heavy (non-hydrogen) atoms. The number of hydrogen-bond acceptors (Lipinski definition) is 2. The number of benzene rings is 3. The minimum Gasteiger partial charge on any atom is -0.391 e. The summed E-state index contributed by atoms with van der Waals surface area (Å²) in [5, 5.41) is 15.8. The molecular weight excluding hydrogens is 298 g/mol. The number of aliphatic hydroxyl groups is 1. The summed E-state index contributed by atoms with van der Waals surface area (Å²) >= 11 is 0. The molecule has 0 fully saturated rings. The molecule has 2 N–H and O–H groups in total. The minimum atomic E-state index is -0.573. The largest absolute Gasteiger partial charge is 0.391 e. The van der Waals surface area contributed by atoms with Crippen LogP contribution in [0.5, 0.6) is 0 Å². The Hall–Kier alpha value is -2.65. The average Bonchev–Trinajstić information content (AvgIpc) is 2.64. The number of rotatable bonds is 2. The van der Waals surface area contributed by atoms with Gasteiger partial charge in [-0.3, -0.25) is 4.79 Å². The molecule has 2 atom stereocenters. The van der Waals surface area contributed by atoms with E-state index in [-0.39, 0.29) is 11.9 Å². The van der Waals surface area contributed by atoms with Gasteiger partial charge in [0.1, 0.15) is 0 Å². The molecule has 120 valence electrons. The van der Waals surface area contributed by atoms with Gasteiger partial charge in [0.2, 0.25) is 0 Å². The van der Waals surface area contributed by atoms with Crippen LogP contribution in [0.3, 0.4) is 0 Å². The highest BCUT2D eigenvalue weighted by Gasteiger charge is 2.31. The van der Waals surface area contributed by atoms with E-state index in [1.807, 2.05) is 30.3 Å². The molecule has 0 aromatic heterocycles. The van der Waals surface area contributed by atoms with Crippen LogP contribution >= 0.6 is 0 Å². The Morgan fingerprint density at radius 3 is 2.54 bits per heavy atom. The summed E-state index contributed by atoms with van der Waals surface area (Å²) in [6.07, 6.45) is 0.917. The van der Waals surface area contributed by atoms with Crippen LogP contribution in [0, 0.1) is 0 Å². The maximum Gasteiger partial charge on any atom is 0.251 e. The fraction of sp³-hybridized carbons (Fsp3) is 0.190. The minimum absolute atomic E-state index is 0.152. The molecule has 0 saturated carbocycles. The van der Waals surface area contributed by atoms with Gasteiger partial charge < -0.3 is 10.4 Å². The van der Waals surface area contributed by atoms with Gasteiger partial charge in [0.25, 0.3) is 5.91 Å². The van der Waals surface area contributed by atoms with Crippen molar-refractivity contribution >= 4 is 16.7 Å². The van der Waals surface area contributed by atoms with Gasteiger partial charge in [0, 0.05) is 5.56 Å². The number of fused-ring (bicyclic) bond motifs is 3. The molecule has 3 heteroatoms. The molecule has 0 spiro atoms. The first-order valence-electron chi connectivity index (χ1n) is 8.28. The number of nitrogens with one attached hydrogen (secondary N) is 1. The molecule has 4 rings (SSSR count). The van der Waals surface area contributed by atoms with Crippen LogP contribution in [0.1, 0.15) is 33.9 Å². The zero-order chi connectivity index (χ0) is 16.5. The lowest BCUT2D eigenvalue weighted by Gasteiger charge is -2.32. The number of aryl methyl sites for hydroxylation is 1. The van der Waals surface area contributed by atoms with Crippen molar-refractivity contribution in [2.45, 2.75) is 25.0 Å². The van der Waals surface area contributed by atoms with Crippen molar-refractivity contribution in [2.75, 3.05) is 0 Å². The van der Waals surface area contributed by atoms with Gasteiger partial charge >= 0.3 is 0 Å². The Kier molecular flexibility index (Phi) is 3.79. The Morgan fingerprint density at radius 2 is 1.71 bits per heavy atom. The van der Waals surface area contributed by atoms with Crippen molar-refractivity contribution in [3.05, 3.63) is 83.4 Å². The van der Waals surface area contributed by atoms with Gasteiger partial charge in [-0.2, -0.15) is 0 Å². The number of carbonyl (C=O) groups is 1. The highest BCUT2D eigenvalue weighted by Crippen LogP contribution is 2.35. The van der Waals surface area contributed by atoms with Crippen LogP contribution in [-0.4, -0.2) is 17.1 Å². The van der Waals surface area contributed by atoms with Gasteiger partial charge in [-0.15, -0.1) is 0 Å². The predicted molar refractivity (Wildman–Crippen MR) is 94.9 cm³/mol. The Labute approximate surface area is 140 Å². The van der Waals surface area contributed by atoms with E-state index in [0.29, 0.717) is 12.0 Å². The third-order valence-corrected chi connectivity index (χ3v) is 4.79. The van der Waals surface area contributed by atoms with Crippen LogP contribution in [0.25, 0.3) is 10.8 Å². The second-order valence-corrected chi connectivity index (χ2v) is 6.28. The Bertz CT molecular complexity index is 889. The van der Waals surface area contributed by atoms with Crippen molar-refractivity contribution in [1.82, 2.24) is 5.32 Å². The van der Waals surface area contributed by atoms with Gasteiger partial charge in [-0.05, 0) is 46.9 Å². The van der Waals surface area contributed by atoms with E-state index in [2.05, 4.69) is 29.6 Å². The monoisotopic (exact) mass is 317 g/mol. The first-order valence-corrected chi connectivity index (χ1v) is 8.28. The molecule has 0 heterocycles. The van der Waals surface area contributed by atoms with Crippen molar-refractivity contribution in [3.8, 4) is 0 Å². The molecule has 0 radical (unpaired) electrons. The van der Waals surface area contributed by atoms with Crippen molar-refractivity contribution < 1.29 is 9.90 Å². The highest BCUT2D eigenvalue weighted by molar-refractivity contribution is 5.95. The smallest absolute Gasteiger partial charge is 0.251 e. The van der Waals surface area contributed by atoms with Crippen LogP contribution < -0.4 is 5.32 Å². The molecule has 0 bridgehead atoms. The summed E-state index contributed by atoms with van der Waals surface area (Å²) in [5.41, 5.74) is 2.87. The molecule has 3 aromatic carbocycles. The normalized spacial score (nSPS) is 19.7. The van der Waals surface area contributed by atoms with Gasteiger partial charge in [-0.1, -0.05) is 54.6 Å². The van der Waals surface area contributed by atoms with E-state index in [1.54, 1.807) is 12.1 Å². The Morgan fingerprint density at radius 1 is 0.958 bits per heavy atom. The first kappa shape index (κ1) is 14.9. The third kappa shape index (κ3) is 2.57. The quantitative estimate of drug-likeness (QED) is 0.758. The Balaban J connectivity index is 1.77. The highest BCUT2D eigenvalue weighted by atomic mass is 16.3. The zero-order valence-corrected chi connectivity index (χ0v) is 13.3. The zero-order valence-electron chi connectivity index (χ0n) is 13.3. The standard InChI is InChI=1S/C21H19NO2/c23-18-13-12-15-11-10-14-6-4-5-9-17(14)19(15)20(18)22-21(24)16-7-2-1-3-8-16/h1-11,18,20,23H,12-13H2,(H,22,24). The number of hydrogen-bond donors (Lipinski definition) is 2. The van der Waals surface area contributed by atoms with Gasteiger partial charge in [0.15, 0.2) is 0 Å². The summed E-state index contributed by atoms with van der Waals surface area (Å²) < 4.78 is 0. The fourth-order valence-electron chi connectivity index (χ4n) is 3.57. The summed E-state index contributed by atoms with van der Waals surface area (Å²) in [4.78, 5) is 12.6. The molecular formula is C21H19NO2. The predicted octanol–water partition coefficient (Wildman–Crippen LogP) is 3.62. The summed E-state index contributed by atoms with van der Waals surface area (Å²) in [5.74, 6) is -0.152. The maximum absolute atomic E-state index is 12.6. The van der Waals surface area contributed by atoms with E-state index in [4.69, 9.17) is 0 Å². The molecule has 3 nitrogen and oxygen atoms in total. The SMILES string of the molecule is O=C(NC1c2c(ccc3ccccc23)CCC1O)c1ccccc1. The average molecular weight is 317 g/mol. The lowest BCUT2D eigenvalue weighted by molar-refractivity contribution is 0.0794. The van der Waals surface area contributed by atoms with Gasteiger partial charge in [-0.25, -0.2) is 0 Å². The van der Waals surface area contributed by atoms with Crippen molar-refractivity contribution in [1.29, 1.82) is 0 Å². The van der Waals surface area contributed by atoms with E-state index >= 15 is 0 Å². The summed E-state index contributed by atoms with van der Waals surface area (Å²) in [7, 11) is 0. The van der Waals surface area contributed by atoms with Crippen LogP contribution in [0.15, 0.2) is 66.7 Å². The molecule has 0 saturated heterocycles. The third-order valence-electron chi connectivity index (χ3n) is 4.79. The summed E-state index contributed by atoms with van der Waals surface area (Å²) in [6, 6.07) is 21.1. The number of aliphatic hydroxyl groups excluding tert-OH is 1. The van der Waals surface area contributed by atoms with Crippen LogP contribution in [0.2, 0.25) is 0 Å². The first-order chi connectivity index (χ1) is 11.7. The second-order valence-electron chi connectivity index (χ2n) is 6.28. The second kappa shape index (κ2) is 6.10. The van der Waals surface area contributed by atoms with Crippen molar-refractivity contribution in [2.24, 2.45) is 0 Å². The lowest BCUT2D eigenvalue weighted by atomic mass is 9.82. The fourth-order valence-corrected chi connectivity index (χ4v) is 3.57. The number of amides is 1. The maximum atomic E-state index is 12.6. The topological polar surface area (TPSA) is 49.3 Å². The molecule has 1 aliphatic rings. The van der Waals surface area contributed by atoms with E-state index in [1.165, 1.54) is 5.56 Å². The molecule has 1 aliphatic carbocycles. The van der Waals surface area contributed by atoms with Crippen LogP contribution in [-0.2, 0) is 6.42 Å². The molecule has 3 aromatic rings. The van der Waals surface area contributed by atoms with E-state index in [9.17, 15) is 9.90 Å². The molecule has 0 aliphatic heterocycles. The summed E-state index contributed by atoms with van der Waals surface area (Å²) in [6.45, 7) is 0. The van der Waals surface area contributed by atoms with Crippen LogP contribution in [0.4, 0.5) is 0 Å². The van der Waals surface area contributed by atoms with Gasteiger partial charge in [0.05, 0.1) is 12.1 Å². The van der Waals surface area contributed by atoms with Crippen molar-refractivity contribution in [3.63, 3.8) is 0 Å². The van der Waals surface area contributed by atoms with E-state index < -0.39 is 6.10 Å². The molecule has 1 amide bonds. The van der Waals surface area contributed by atoms with E-state index in [0.717, 1.165) is 22.8 Å². The molecule has 2 unspecified atom stereocenters. The number of carbonyl (C=O) groups excluding carboxylic acids is 1.